The maximum absolute atomic E-state index is 13.8. The summed E-state index contributed by atoms with van der Waals surface area (Å²) in [6.45, 7) is 0.688. The van der Waals surface area contributed by atoms with Crippen molar-refractivity contribution in [2.45, 2.75) is 6.04 Å². The molecule has 1 fully saturated rings. The van der Waals surface area contributed by atoms with Gasteiger partial charge >= 0.3 is 0 Å². The molecule has 130 valence electrons. The van der Waals surface area contributed by atoms with E-state index < -0.39 is 0 Å². The first kappa shape index (κ1) is 16.3. The molecule has 1 N–H and O–H groups in total. The van der Waals surface area contributed by atoms with Gasteiger partial charge in [0.05, 0.1) is 17.7 Å². The molecule has 3 heterocycles. The minimum Gasteiger partial charge on any atom is -0.493 e. The summed E-state index contributed by atoms with van der Waals surface area (Å²) < 4.78 is 19.5. The third kappa shape index (κ3) is 2.75. The number of aliphatic hydroxyl groups is 1. The van der Waals surface area contributed by atoms with Crippen LogP contribution in [0.1, 0.15) is 22.1 Å². The molecule has 2 aliphatic rings. The summed E-state index contributed by atoms with van der Waals surface area (Å²) in [4.78, 5) is 18.7. The number of hydrogen-bond donors (Lipinski definition) is 1. The van der Waals surface area contributed by atoms with Gasteiger partial charge in [-0.15, -0.1) is 0 Å². The first-order valence-electron chi connectivity index (χ1n) is 8.04. The van der Waals surface area contributed by atoms with Crippen molar-refractivity contribution in [2.24, 2.45) is 11.8 Å². The average Bonchev–Trinajstić information content (AvgIpc) is 3.01. The number of halogens is 2. The number of ether oxygens (including phenoxy) is 1. The minimum atomic E-state index is -0.382. The fourth-order valence-electron chi connectivity index (χ4n) is 3.74. The zero-order valence-electron chi connectivity index (χ0n) is 13.2. The zero-order valence-corrected chi connectivity index (χ0v) is 14.0. The minimum absolute atomic E-state index is 0.0625. The Labute approximate surface area is 149 Å². The number of carbonyl (C=O) groups is 1. The summed E-state index contributed by atoms with van der Waals surface area (Å²) in [6, 6.07) is 7.15. The number of aromatic nitrogens is 1. The Morgan fingerprint density at radius 1 is 1.40 bits per heavy atom. The van der Waals surface area contributed by atoms with Gasteiger partial charge in [0.15, 0.2) is 0 Å². The molecule has 1 aromatic carbocycles. The lowest BCUT2D eigenvalue weighted by Crippen LogP contribution is -2.36. The molecule has 5 nitrogen and oxygen atoms in total. The smallest absolute Gasteiger partial charge is 0.272 e. The van der Waals surface area contributed by atoms with Crippen LogP contribution in [0.15, 0.2) is 36.5 Å². The summed E-state index contributed by atoms with van der Waals surface area (Å²) in [5.41, 5.74) is 0.903. The monoisotopic (exact) mass is 362 g/mol. The predicted molar refractivity (Wildman–Crippen MR) is 89.0 cm³/mol. The third-order valence-corrected chi connectivity index (χ3v) is 5.17. The van der Waals surface area contributed by atoms with Crippen LogP contribution in [-0.4, -0.2) is 40.7 Å². The number of likely N-dealkylation sites (tertiary alicyclic amines) is 1. The molecule has 1 amide bonds. The maximum atomic E-state index is 13.8. The van der Waals surface area contributed by atoms with Crippen LogP contribution in [0, 0.1) is 17.7 Å². The van der Waals surface area contributed by atoms with Gasteiger partial charge in [-0.3, -0.25) is 4.79 Å². The number of aliphatic hydroxyl groups excluding tert-OH is 1. The molecule has 0 unspecified atom stereocenters. The number of nitrogens with zero attached hydrogens (tertiary/aromatic N) is 2. The molecule has 3 atom stereocenters. The van der Waals surface area contributed by atoms with Crippen LogP contribution < -0.4 is 4.74 Å². The van der Waals surface area contributed by atoms with Gasteiger partial charge < -0.3 is 14.7 Å². The Balaban J connectivity index is 1.75. The van der Waals surface area contributed by atoms with Crippen molar-refractivity contribution in [3.05, 3.63) is 58.6 Å². The van der Waals surface area contributed by atoms with E-state index in [1.54, 1.807) is 23.1 Å². The molecular weight excluding hydrogens is 347 g/mol. The molecule has 7 heteroatoms. The van der Waals surface area contributed by atoms with Crippen LogP contribution in [0.3, 0.4) is 0 Å². The largest absolute Gasteiger partial charge is 0.493 e. The van der Waals surface area contributed by atoms with Gasteiger partial charge in [0, 0.05) is 36.7 Å². The lowest BCUT2D eigenvalue weighted by Gasteiger charge is -2.34. The second-order valence-electron chi connectivity index (χ2n) is 6.36. The topological polar surface area (TPSA) is 62.7 Å². The number of carbonyl (C=O) groups excluding carboxylic acids is 1. The summed E-state index contributed by atoms with van der Waals surface area (Å²) in [6.07, 6.45) is 1.42. The Hall–Kier alpha value is -2.18. The van der Waals surface area contributed by atoms with E-state index in [1.807, 2.05) is 0 Å². The molecule has 1 saturated heterocycles. The van der Waals surface area contributed by atoms with Crippen molar-refractivity contribution < 1.29 is 19.0 Å². The number of amides is 1. The second kappa shape index (κ2) is 6.28. The highest BCUT2D eigenvalue weighted by Crippen LogP contribution is 2.47. The van der Waals surface area contributed by atoms with E-state index in [-0.39, 0.29) is 41.9 Å². The van der Waals surface area contributed by atoms with Crippen LogP contribution >= 0.6 is 11.6 Å². The summed E-state index contributed by atoms with van der Waals surface area (Å²) in [7, 11) is 0. The Morgan fingerprint density at radius 3 is 2.96 bits per heavy atom. The lowest BCUT2D eigenvalue weighted by molar-refractivity contribution is 0.0667. The summed E-state index contributed by atoms with van der Waals surface area (Å²) >= 11 is 5.84. The van der Waals surface area contributed by atoms with Crippen molar-refractivity contribution in [3.8, 4) is 5.75 Å². The number of benzene rings is 1. The first-order valence-corrected chi connectivity index (χ1v) is 8.42. The van der Waals surface area contributed by atoms with Gasteiger partial charge in [-0.2, -0.15) is 0 Å². The zero-order chi connectivity index (χ0) is 17.6. The summed E-state index contributed by atoms with van der Waals surface area (Å²) in [5.74, 6) is -0.288. The van der Waals surface area contributed by atoms with Crippen LogP contribution in [0.4, 0.5) is 4.39 Å². The highest BCUT2D eigenvalue weighted by Gasteiger charge is 2.48. The van der Waals surface area contributed by atoms with E-state index in [0.717, 1.165) is 0 Å². The highest BCUT2D eigenvalue weighted by atomic mass is 35.5. The third-order valence-electron chi connectivity index (χ3n) is 4.94. The Morgan fingerprint density at radius 2 is 2.24 bits per heavy atom. The number of pyridine rings is 1. The first-order chi connectivity index (χ1) is 12.1. The maximum Gasteiger partial charge on any atom is 0.272 e. The molecule has 0 spiro atoms. The van der Waals surface area contributed by atoms with E-state index in [1.165, 1.54) is 18.3 Å². The Kier molecular flexibility index (Phi) is 4.09. The molecule has 2 aromatic rings. The van der Waals surface area contributed by atoms with Crippen molar-refractivity contribution in [1.82, 2.24) is 9.88 Å². The van der Waals surface area contributed by atoms with Crippen molar-refractivity contribution in [2.75, 3.05) is 19.8 Å². The fourth-order valence-corrected chi connectivity index (χ4v) is 3.85. The van der Waals surface area contributed by atoms with E-state index in [4.69, 9.17) is 16.3 Å². The quantitative estimate of drug-likeness (QED) is 0.892. The molecule has 25 heavy (non-hydrogen) atoms. The number of rotatable bonds is 2. The normalized spacial score (nSPS) is 24.4. The van der Waals surface area contributed by atoms with Gasteiger partial charge in [0.1, 0.15) is 17.3 Å². The molecule has 0 bridgehead atoms. The molecule has 4 rings (SSSR count). The van der Waals surface area contributed by atoms with E-state index in [9.17, 15) is 14.3 Å². The lowest BCUT2D eigenvalue weighted by atomic mass is 9.85. The van der Waals surface area contributed by atoms with Crippen LogP contribution in [0.5, 0.6) is 5.75 Å². The van der Waals surface area contributed by atoms with Crippen molar-refractivity contribution in [1.29, 1.82) is 0 Å². The highest BCUT2D eigenvalue weighted by molar-refractivity contribution is 6.30. The van der Waals surface area contributed by atoms with E-state index in [2.05, 4.69) is 4.98 Å². The van der Waals surface area contributed by atoms with Crippen LogP contribution in [0.25, 0.3) is 0 Å². The van der Waals surface area contributed by atoms with Crippen LogP contribution in [-0.2, 0) is 0 Å². The predicted octanol–water partition coefficient (Wildman–Crippen LogP) is 2.69. The average molecular weight is 363 g/mol. The fraction of sp³-hybridized carbons (Fsp3) is 0.333. The van der Waals surface area contributed by atoms with E-state index in [0.29, 0.717) is 29.5 Å². The second-order valence-corrected chi connectivity index (χ2v) is 6.80. The molecule has 1 aromatic heterocycles. The standard InChI is InChI=1S/C18H16ClFN2O3/c19-11-1-3-15(21-6-11)18(24)22-7-10(8-23)14-9-25-16-4-2-12(20)5-13(16)17(14)22/h1-6,10,14,17,23H,7-9H2/t10-,14-,17-/m0/s1. The van der Waals surface area contributed by atoms with Gasteiger partial charge in [0.2, 0.25) is 0 Å². The molecular formula is C18H16ClFN2O3. The molecule has 0 radical (unpaired) electrons. The number of hydrogen-bond acceptors (Lipinski definition) is 4. The van der Waals surface area contributed by atoms with Gasteiger partial charge in [-0.1, -0.05) is 11.6 Å². The van der Waals surface area contributed by atoms with Gasteiger partial charge in [-0.05, 0) is 30.3 Å². The number of fused-ring (bicyclic) bond motifs is 3. The Bertz CT molecular complexity index is 814. The molecule has 2 aliphatic heterocycles. The van der Waals surface area contributed by atoms with Gasteiger partial charge in [-0.25, -0.2) is 9.37 Å². The summed E-state index contributed by atoms with van der Waals surface area (Å²) in [5, 5.41) is 10.2. The van der Waals surface area contributed by atoms with Crippen molar-refractivity contribution >= 4 is 17.5 Å². The SMILES string of the molecule is O=C(c1ccc(Cl)cn1)N1C[C@@H](CO)[C@@H]2COc3ccc(F)cc3[C@@H]21. The molecule has 0 aliphatic carbocycles. The van der Waals surface area contributed by atoms with E-state index >= 15 is 0 Å². The van der Waals surface area contributed by atoms with Gasteiger partial charge in [0.25, 0.3) is 5.91 Å². The van der Waals surface area contributed by atoms with Crippen molar-refractivity contribution in [3.63, 3.8) is 0 Å². The van der Waals surface area contributed by atoms with Crippen LogP contribution in [0.2, 0.25) is 5.02 Å². The molecule has 0 saturated carbocycles.